The first kappa shape index (κ1) is 13.5. The topological polar surface area (TPSA) is 98.2 Å². The first-order chi connectivity index (χ1) is 7.71. The molecule has 0 spiro atoms. The molecule has 6 heteroatoms. The van der Waals surface area contributed by atoms with Crippen LogP contribution in [-0.4, -0.2) is 17.4 Å². The summed E-state index contributed by atoms with van der Waals surface area (Å²) in [5, 5.41) is 2.85. The number of anilines is 1. The minimum absolute atomic E-state index is 0.263. The van der Waals surface area contributed by atoms with Gasteiger partial charge in [0.05, 0.1) is 16.2 Å². The lowest BCUT2D eigenvalue weighted by Gasteiger charge is -2.18. The number of primary amides is 1. The van der Waals surface area contributed by atoms with E-state index in [-0.39, 0.29) is 5.56 Å². The molecule has 0 unspecified atom stereocenters. The van der Waals surface area contributed by atoms with Crippen molar-refractivity contribution in [2.24, 2.45) is 11.5 Å². The van der Waals surface area contributed by atoms with E-state index >= 15 is 0 Å². The zero-order valence-corrected chi connectivity index (χ0v) is 10.3. The summed E-state index contributed by atoms with van der Waals surface area (Å²) in [6.45, 7) is 3.13. The van der Waals surface area contributed by atoms with Gasteiger partial charge in [-0.15, -0.1) is 0 Å². The number of halogens is 1. The first-order valence-electron chi connectivity index (χ1n) is 4.91. The SMILES string of the molecule is CC(C)(N)C(=O)Nc1cc(C(N)=O)ccc1Cl. The molecule has 0 saturated heterocycles. The van der Waals surface area contributed by atoms with Crippen molar-refractivity contribution in [3.63, 3.8) is 0 Å². The quantitative estimate of drug-likeness (QED) is 0.755. The summed E-state index contributed by atoms with van der Waals surface area (Å²) in [7, 11) is 0. The number of rotatable bonds is 3. The van der Waals surface area contributed by atoms with E-state index in [1.165, 1.54) is 18.2 Å². The monoisotopic (exact) mass is 255 g/mol. The molecule has 17 heavy (non-hydrogen) atoms. The first-order valence-corrected chi connectivity index (χ1v) is 5.29. The summed E-state index contributed by atoms with van der Waals surface area (Å²) in [5.74, 6) is -0.995. The van der Waals surface area contributed by atoms with Crippen LogP contribution in [0.15, 0.2) is 18.2 Å². The highest BCUT2D eigenvalue weighted by Gasteiger charge is 2.22. The van der Waals surface area contributed by atoms with Crippen molar-refractivity contribution in [2.45, 2.75) is 19.4 Å². The van der Waals surface area contributed by atoms with Crippen LogP contribution in [0.1, 0.15) is 24.2 Å². The summed E-state index contributed by atoms with van der Waals surface area (Å²) >= 11 is 5.89. The molecule has 5 nitrogen and oxygen atoms in total. The van der Waals surface area contributed by atoms with Gasteiger partial charge in [0.25, 0.3) is 0 Å². The van der Waals surface area contributed by atoms with Crippen LogP contribution in [0.2, 0.25) is 5.02 Å². The van der Waals surface area contributed by atoms with Crippen molar-refractivity contribution in [2.75, 3.05) is 5.32 Å². The molecule has 0 bridgehead atoms. The maximum absolute atomic E-state index is 11.7. The third-order valence-corrected chi connectivity index (χ3v) is 2.41. The van der Waals surface area contributed by atoms with Crippen LogP contribution in [0.25, 0.3) is 0 Å². The summed E-state index contributed by atoms with van der Waals surface area (Å²) in [5.41, 5.74) is 10.3. The Kier molecular flexibility index (Phi) is 3.75. The van der Waals surface area contributed by atoms with Crippen molar-refractivity contribution < 1.29 is 9.59 Å². The Morgan fingerprint density at radius 3 is 2.41 bits per heavy atom. The second-order valence-corrected chi connectivity index (χ2v) is 4.64. The van der Waals surface area contributed by atoms with Crippen molar-refractivity contribution in [3.05, 3.63) is 28.8 Å². The Labute approximate surface area is 104 Å². The third kappa shape index (κ3) is 3.44. The molecule has 2 amide bonds. The largest absolute Gasteiger partial charge is 0.366 e. The average Bonchev–Trinajstić information content (AvgIpc) is 2.19. The molecule has 0 aliphatic rings. The second-order valence-electron chi connectivity index (χ2n) is 4.23. The zero-order chi connectivity index (χ0) is 13.2. The van der Waals surface area contributed by atoms with Gasteiger partial charge in [0, 0.05) is 5.56 Å². The van der Waals surface area contributed by atoms with Gasteiger partial charge in [0.1, 0.15) is 0 Å². The van der Waals surface area contributed by atoms with Gasteiger partial charge >= 0.3 is 0 Å². The molecule has 0 radical (unpaired) electrons. The second kappa shape index (κ2) is 4.73. The lowest BCUT2D eigenvalue weighted by molar-refractivity contribution is -0.120. The number of hydrogen-bond donors (Lipinski definition) is 3. The Morgan fingerprint density at radius 1 is 1.35 bits per heavy atom. The summed E-state index contributed by atoms with van der Waals surface area (Å²) in [6.07, 6.45) is 0. The van der Waals surface area contributed by atoms with Crippen molar-refractivity contribution >= 4 is 29.1 Å². The van der Waals surface area contributed by atoms with E-state index in [0.717, 1.165) is 0 Å². The highest BCUT2D eigenvalue weighted by Crippen LogP contribution is 2.23. The predicted molar refractivity (Wildman–Crippen MR) is 66.9 cm³/mol. The fourth-order valence-corrected chi connectivity index (χ4v) is 1.22. The van der Waals surface area contributed by atoms with Crippen LogP contribution in [0, 0.1) is 0 Å². The molecule has 1 aromatic carbocycles. The molecule has 1 rings (SSSR count). The molecule has 5 N–H and O–H groups in total. The Balaban J connectivity index is 3.02. The van der Waals surface area contributed by atoms with E-state index in [9.17, 15) is 9.59 Å². The molecule has 1 aromatic rings. The molecule has 0 fully saturated rings. The molecular formula is C11H14ClN3O2. The zero-order valence-electron chi connectivity index (χ0n) is 9.58. The lowest BCUT2D eigenvalue weighted by Crippen LogP contribution is -2.45. The maximum Gasteiger partial charge on any atom is 0.248 e. The van der Waals surface area contributed by atoms with Crippen LogP contribution in [0.4, 0.5) is 5.69 Å². The molecule has 92 valence electrons. The van der Waals surface area contributed by atoms with Gasteiger partial charge in [0.2, 0.25) is 11.8 Å². The lowest BCUT2D eigenvalue weighted by atomic mass is 10.1. The Bertz CT molecular complexity index is 466. The van der Waals surface area contributed by atoms with Gasteiger partial charge in [-0.05, 0) is 32.0 Å². The molecule has 0 aliphatic heterocycles. The number of carbonyl (C=O) groups excluding carboxylic acids is 2. The highest BCUT2D eigenvalue weighted by atomic mass is 35.5. The van der Waals surface area contributed by atoms with Gasteiger partial charge in [0.15, 0.2) is 0 Å². The van der Waals surface area contributed by atoms with E-state index in [2.05, 4.69) is 5.32 Å². The average molecular weight is 256 g/mol. The molecule has 0 aromatic heterocycles. The highest BCUT2D eigenvalue weighted by molar-refractivity contribution is 6.34. The number of nitrogens with two attached hydrogens (primary N) is 2. The smallest absolute Gasteiger partial charge is 0.248 e. The van der Waals surface area contributed by atoms with Gasteiger partial charge in [-0.3, -0.25) is 9.59 Å². The number of amides is 2. The van der Waals surface area contributed by atoms with Gasteiger partial charge in [-0.25, -0.2) is 0 Å². The third-order valence-electron chi connectivity index (χ3n) is 2.08. The van der Waals surface area contributed by atoms with Gasteiger partial charge < -0.3 is 16.8 Å². The number of carbonyl (C=O) groups is 2. The molecule has 0 saturated carbocycles. The van der Waals surface area contributed by atoms with Crippen LogP contribution in [-0.2, 0) is 4.79 Å². The number of hydrogen-bond acceptors (Lipinski definition) is 3. The summed E-state index contributed by atoms with van der Waals surface area (Å²) in [6, 6.07) is 4.38. The number of benzene rings is 1. The number of nitrogens with one attached hydrogen (secondary N) is 1. The molecule has 0 aliphatic carbocycles. The molecule has 0 heterocycles. The van der Waals surface area contributed by atoms with Crippen LogP contribution in [0.3, 0.4) is 0 Å². The van der Waals surface area contributed by atoms with Gasteiger partial charge in [-0.1, -0.05) is 11.6 Å². The maximum atomic E-state index is 11.7. The van der Waals surface area contributed by atoms with Crippen molar-refractivity contribution in [3.8, 4) is 0 Å². The fraction of sp³-hybridized carbons (Fsp3) is 0.273. The fourth-order valence-electron chi connectivity index (χ4n) is 1.06. The Morgan fingerprint density at radius 2 is 1.94 bits per heavy atom. The van der Waals surface area contributed by atoms with E-state index in [0.29, 0.717) is 10.7 Å². The van der Waals surface area contributed by atoms with E-state index < -0.39 is 17.4 Å². The molecule has 0 atom stereocenters. The normalized spacial score (nSPS) is 11.1. The van der Waals surface area contributed by atoms with E-state index in [1.807, 2.05) is 0 Å². The van der Waals surface area contributed by atoms with Gasteiger partial charge in [-0.2, -0.15) is 0 Å². The van der Waals surface area contributed by atoms with E-state index in [4.69, 9.17) is 23.1 Å². The Hall–Kier alpha value is -1.59. The van der Waals surface area contributed by atoms with Crippen molar-refractivity contribution in [1.82, 2.24) is 0 Å². The summed E-state index contributed by atoms with van der Waals surface area (Å²) in [4.78, 5) is 22.6. The predicted octanol–water partition coefficient (Wildman–Crippen LogP) is 1.11. The van der Waals surface area contributed by atoms with E-state index in [1.54, 1.807) is 13.8 Å². The van der Waals surface area contributed by atoms with Crippen LogP contribution in [0.5, 0.6) is 0 Å². The van der Waals surface area contributed by atoms with Crippen LogP contribution >= 0.6 is 11.6 Å². The minimum atomic E-state index is -1.04. The standard InChI is InChI=1S/C11H14ClN3O2/c1-11(2,14)10(17)15-8-5-6(9(13)16)3-4-7(8)12/h3-5H,14H2,1-2H3,(H2,13,16)(H,15,17). The summed E-state index contributed by atoms with van der Waals surface area (Å²) < 4.78 is 0. The van der Waals surface area contributed by atoms with Crippen LogP contribution < -0.4 is 16.8 Å². The minimum Gasteiger partial charge on any atom is -0.366 e. The molecular weight excluding hydrogens is 242 g/mol. The van der Waals surface area contributed by atoms with Crippen molar-refractivity contribution in [1.29, 1.82) is 0 Å².